The minimum absolute atomic E-state index is 0.0505. The molecule has 6 heteroatoms. The highest BCUT2D eigenvalue weighted by Gasteiger charge is 2.27. The molecule has 0 radical (unpaired) electrons. The lowest BCUT2D eigenvalue weighted by Crippen LogP contribution is -2.20. The molecule has 3 N–H and O–H groups in total. The molecule has 0 bridgehead atoms. The molecule has 1 aromatic heterocycles. The summed E-state index contributed by atoms with van der Waals surface area (Å²) in [5, 5.41) is 3.30. The molecule has 0 saturated heterocycles. The van der Waals surface area contributed by atoms with E-state index < -0.39 is 5.91 Å². The number of thiophene rings is 1. The van der Waals surface area contributed by atoms with Crippen LogP contribution >= 0.6 is 11.3 Å². The molecule has 0 fully saturated rings. The largest absolute Gasteiger partial charge is 0.365 e. The Kier molecular flexibility index (Phi) is 4.66. The number of rotatable bonds is 4. The highest BCUT2D eigenvalue weighted by Crippen LogP contribution is 2.39. The number of carbonyl (C=O) groups excluding carboxylic acids is 2. The van der Waals surface area contributed by atoms with E-state index in [1.165, 1.54) is 23.5 Å². The summed E-state index contributed by atoms with van der Waals surface area (Å²) >= 11 is 1.43. The maximum absolute atomic E-state index is 13.2. The molecule has 1 unspecified atom stereocenters. The van der Waals surface area contributed by atoms with E-state index >= 15 is 0 Å². The molecular weight excluding hydrogens is 327 g/mol. The maximum atomic E-state index is 13.2. The summed E-state index contributed by atoms with van der Waals surface area (Å²) < 4.78 is 13.2. The first-order valence-electron chi connectivity index (χ1n) is 7.92. The first kappa shape index (κ1) is 16.6. The van der Waals surface area contributed by atoms with Gasteiger partial charge in [-0.3, -0.25) is 9.59 Å². The zero-order chi connectivity index (χ0) is 17.3. The van der Waals surface area contributed by atoms with Gasteiger partial charge in [-0.2, -0.15) is 0 Å². The van der Waals surface area contributed by atoms with Crippen LogP contribution in [-0.4, -0.2) is 11.8 Å². The van der Waals surface area contributed by atoms with Crippen LogP contribution in [0.15, 0.2) is 24.3 Å². The smallest absolute Gasteiger partial charge is 0.251 e. The van der Waals surface area contributed by atoms with E-state index in [1.807, 2.05) is 0 Å². The van der Waals surface area contributed by atoms with Gasteiger partial charge in [0, 0.05) is 4.88 Å². The summed E-state index contributed by atoms with van der Waals surface area (Å²) in [6, 6.07) is 5.92. The van der Waals surface area contributed by atoms with E-state index in [-0.39, 0.29) is 18.1 Å². The number of halogens is 1. The Morgan fingerprint density at radius 3 is 2.92 bits per heavy atom. The quantitative estimate of drug-likeness (QED) is 0.892. The van der Waals surface area contributed by atoms with Crippen LogP contribution in [0.25, 0.3) is 0 Å². The highest BCUT2D eigenvalue weighted by molar-refractivity contribution is 7.17. The number of hydrogen-bond acceptors (Lipinski definition) is 3. The van der Waals surface area contributed by atoms with Gasteiger partial charge in [0.1, 0.15) is 10.8 Å². The Labute approximate surface area is 143 Å². The van der Waals surface area contributed by atoms with Crippen LogP contribution in [0, 0.1) is 11.7 Å². The fourth-order valence-electron chi connectivity index (χ4n) is 3.10. The van der Waals surface area contributed by atoms with E-state index in [1.54, 1.807) is 12.1 Å². The van der Waals surface area contributed by atoms with Crippen LogP contribution in [0.4, 0.5) is 9.39 Å². The third-order valence-corrected chi connectivity index (χ3v) is 5.43. The molecule has 1 aromatic carbocycles. The second-order valence-electron chi connectivity index (χ2n) is 6.28. The molecule has 0 saturated carbocycles. The lowest BCUT2D eigenvalue weighted by molar-refractivity contribution is -0.115. The number of amides is 2. The third-order valence-electron chi connectivity index (χ3n) is 4.26. The molecule has 1 atom stereocenters. The van der Waals surface area contributed by atoms with Crippen LogP contribution in [0.1, 0.15) is 39.7 Å². The normalized spacial score (nSPS) is 16.5. The summed E-state index contributed by atoms with van der Waals surface area (Å²) in [7, 11) is 0. The van der Waals surface area contributed by atoms with Crippen molar-refractivity contribution in [1.82, 2.24) is 0 Å². The molecule has 2 amide bonds. The lowest BCUT2D eigenvalue weighted by Gasteiger charge is -2.18. The van der Waals surface area contributed by atoms with Gasteiger partial charge in [-0.15, -0.1) is 11.3 Å². The SMILES string of the molecule is CC1CCc2c(sc(NC(=O)Cc3cccc(F)c3)c2C(N)=O)C1. The van der Waals surface area contributed by atoms with Gasteiger partial charge in [-0.05, 0) is 48.4 Å². The number of fused-ring (bicyclic) bond motifs is 1. The first-order valence-corrected chi connectivity index (χ1v) is 8.74. The molecule has 2 aromatic rings. The van der Waals surface area contributed by atoms with Crippen LogP contribution in [-0.2, 0) is 24.1 Å². The van der Waals surface area contributed by atoms with Crippen molar-refractivity contribution < 1.29 is 14.0 Å². The number of nitrogens with two attached hydrogens (primary N) is 1. The van der Waals surface area contributed by atoms with Gasteiger partial charge in [0.2, 0.25) is 5.91 Å². The number of nitrogens with one attached hydrogen (secondary N) is 1. The Bertz CT molecular complexity index is 800. The van der Waals surface area contributed by atoms with E-state index in [0.717, 1.165) is 29.7 Å². The molecule has 3 rings (SSSR count). The van der Waals surface area contributed by atoms with Gasteiger partial charge < -0.3 is 11.1 Å². The molecule has 1 heterocycles. The summed E-state index contributed by atoms with van der Waals surface area (Å²) in [5.41, 5.74) is 7.54. The monoisotopic (exact) mass is 346 g/mol. The standard InChI is InChI=1S/C18H19FN2O2S/c1-10-5-6-13-14(7-10)24-18(16(13)17(20)23)21-15(22)9-11-3-2-4-12(19)8-11/h2-4,8,10H,5-7,9H2,1H3,(H2,20,23)(H,21,22). The summed E-state index contributed by atoms with van der Waals surface area (Å²) in [5.74, 6) is -0.607. The fourth-order valence-corrected chi connectivity index (χ4v) is 4.53. The predicted molar refractivity (Wildman–Crippen MR) is 92.8 cm³/mol. The van der Waals surface area contributed by atoms with Crippen LogP contribution in [0.3, 0.4) is 0 Å². The second-order valence-corrected chi connectivity index (χ2v) is 7.38. The topological polar surface area (TPSA) is 72.2 Å². The van der Waals surface area contributed by atoms with Gasteiger partial charge in [-0.25, -0.2) is 4.39 Å². The molecule has 1 aliphatic carbocycles. The Morgan fingerprint density at radius 2 is 2.21 bits per heavy atom. The maximum Gasteiger partial charge on any atom is 0.251 e. The van der Waals surface area contributed by atoms with Gasteiger partial charge in [-0.1, -0.05) is 19.1 Å². The van der Waals surface area contributed by atoms with Crippen LogP contribution < -0.4 is 11.1 Å². The Hall–Kier alpha value is -2.21. The minimum Gasteiger partial charge on any atom is -0.365 e. The van der Waals surface area contributed by atoms with Gasteiger partial charge >= 0.3 is 0 Å². The fraction of sp³-hybridized carbons (Fsp3) is 0.333. The zero-order valence-corrected chi connectivity index (χ0v) is 14.2. The molecule has 0 spiro atoms. The van der Waals surface area contributed by atoms with Gasteiger partial charge in [0.25, 0.3) is 5.91 Å². The van der Waals surface area contributed by atoms with Gasteiger partial charge in [0.15, 0.2) is 0 Å². The first-order chi connectivity index (χ1) is 11.4. The third kappa shape index (κ3) is 3.48. The van der Waals surface area contributed by atoms with E-state index in [0.29, 0.717) is 22.0 Å². The van der Waals surface area contributed by atoms with Crippen molar-refractivity contribution in [2.45, 2.75) is 32.6 Å². The Morgan fingerprint density at radius 1 is 1.42 bits per heavy atom. The number of carbonyl (C=O) groups is 2. The number of primary amides is 1. The van der Waals surface area contributed by atoms with Crippen molar-refractivity contribution in [2.24, 2.45) is 11.7 Å². The molecule has 126 valence electrons. The second kappa shape index (κ2) is 6.73. The molecule has 0 aliphatic heterocycles. The minimum atomic E-state index is -0.511. The average Bonchev–Trinajstić information content (AvgIpc) is 2.83. The van der Waals surface area contributed by atoms with Gasteiger partial charge in [0.05, 0.1) is 12.0 Å². The van der Waals surface area contributed by atoms with E-state index in [2.05, 4.69) is 12.2 Å². The Balaban J connectivity index is 1.82. The van der Waals surface area contributed by atoms with E-state index in [9.17, 15) is 14.0 Å². The zero-order valence-electron chi connectivity index (χ0n) is 13.4. The average molecular weight is 346 g/mol. The lowest BCUT2D eigenvalue weighted by atomic mass is 9.88. The highest BCUT2D eigenvalue weighted by atomic mass is 32.1. The summed E-state index contributed by atoms with van der Waals surface area (Å²) in [6.07, 6.45) is 2.78. The molecule has 1 aliphatic rings. The molecule has 24 heavy (non-hydrogen) atoms. The van der Waals surface area contributed by atoms with Crippen molar-refractivity contribution in [2.75, 3.05) is 5.32 Å². The van der Waals surface area contributed by atoms with Crippen LogP contribution in [0.5, 0.6) is 0 Å². The van der Waals surface area contributed by atoms with Crippen molar-refractivity contribution in [3.05, 3.63) is 51.7 Å². The number of hydrogen-bond donors (Lipinski definition) is 2. The van der Waals surface area contributed by atoms with Crippen molar-refractivity contribution in [1.29, 1.82) is 0 Å². The molecular formula is C18H19FN2O2S. The molecule has 4 nitrogen and oxygen atoms in total. The summed E-state index contributed by atoms with van der Waals surface area (Å²) in [4.78, 5) is 25.2. The van der Waals surface area contributed by atoms with Crippen molar-refractivity contribution in [3.8, 4) is 0 Å². The summed E-state index contributed by atoms with van der Waals surface area (Å²) in [6.45, 7) is 2.18. The predicted octanol–water partition coefficient (Wildman–Crippen LogP) is 3.29. The van der Waals surface area contributed by atoms with Crippen molar-refractivity contribution in [3.63, 3.8) is 0 Å². The van der Waals surface area contributed by atoms with E-state index in [4.69, 9.17) is 5.73 Å². The number of anilines is 1. The van der Waals surface area contributed by atoms with Crippen molar-refractivity contribution >= 4 is 28.2 Å². The number of benzene rings is 1. The van der Waals surface area contributed by atoms with Crippen LogP contribution in [0.2, 0.25) is 0 Å².